The molecular weight excluding hydrogens is 469 g/mol. The zero-order chi connectivity index (χ0) is 22.0. The largest absolute Gasteiger partial charge is 0.250 e. The van der Waals surface area contributed by atoms with Gasteiger partial charge in [0.05, 0.1) is 44.2 Å². The normalized spacial score (nSPS) is 12.0. The first-order valence-electron chi connectivity index (χ1n) is 9.77. The van der Waals surface area contributed by atoms with Gasteiger partial charge in [0, 0.05) is 17.1 Å². The number of nitrogens with zero attached hydrogens (tertiary/aromatic N) is 3. The van der Waals surface area contributed by atoms with Gasteiger partial charge in [0.2, 0.25) is 0 Å². The molecule has 3 nitrogen and oxygen atoms in total. The Bertz CT molecular complexity index is 1050. The maximum absolute atomic E-state index is 6.42. The topological polar surface area (TPSA) is 37.6 Å². The molecule has 0 bridgehead atoms. The van der Waals surface area contributed by atoms with E-state index in [-0.39, 0.29) is 17.1 Å². The van der Waals surface area contributed by atoms with E-state index >= 15 is 0 Å². The standard InChI is InChI=1S/C25H25Cl2N3.Fe/c1-14-10-16(3)24(20(26)12-14)28-18(5)22-8-7-9-23(30-22)19(6)29-25-17(4)11-15(2)13-21(25)27;/h7-13H,1-6H3;/b28-18+,29-19+;. The molecule has 0 amide bonds. The summed E-state index contributed by atoms with van der Waals surface area (Å²) in [5.74, 6) is 0. The summed E-state index contributed by atoms with van der Waals surface area (Å²) in [6.07, 6.45) is 0. The second kappa shape index (κ2) is 10.6. The van der Waals surface area contributed by atoms with E-state index < -0.39 is 0 Å². The Morgan fingerprint density at radius 3 is 1.45 bits per heavy atom. The minimum atomic E-state index is 0. The zero-order valence-corrected chi connectivity index (χ0v) is 21.1. The Hall–Kier alpha value is -1.97. The molecule has 0 spiro atoms. The molecule has 0 unspecified atom stereocenters. The van der Waals surface area contributed by atoms with Gasteiger partial charge < -0.3 is 0 Å². The number of aliphatic imine (C=N–C) groups is 2. The van der Waals surface area contributed by atoms with Gasteiger partial charge >= 0.3 is 0 Å². The molecule has 0 N–H and O–H groups in total. The number of rotatable bonds is 4. The number of hydrogen-bond acceptors (Lipinski definition) is 3. The first kappa shape index (κ1) is 25.3. The third kappa shape index (κ3) is 6.05. The number of halogens is 2. The minimum Gasteiger partial charge on any atom is -0.250 e. The predicted molar refractivity (Wildman–Crippen MR) is 130 cm³/mol. The van der Waals surface area contributed by atoms with Crippen LogP contribution in [0.2, 0.25) is 10.0 Å². The Morgan fingerprint density at radius 1 is 0.710 bits per heavy atom. The van der Waals surface area contributed by atoms with E-state index in [0.29, 0.717) is 10.0 Å². The van der Waals surface area contributed by atoms with Crippen LogP contribution in [0, 0.1) is 27.7 Å². The van der Waals surface area contributed by atoms with E-state index in [1.165, 1.54) is 0 Å². The summed E-state index contributed by atoms with van der Waals surface area (Å²) >= 11 is 12.8. The fourth-order valence-electron chi connectivity index (χ4n) is 3.39. The summed E-state index contributed by atoms with van der Waals surface area (Å²) in [7, 11) is 0. The Morgan fingerprint density at radius 2 is 1.10 bits per heavy atom. The molecule has 0 aliphatic heterocycles. The van der Waals surface area contributed by atoms with Gasteiger partial charge in [-0.25, -0.2) is 15.0 Å². The molecule has 2 aromatic carbocycles. The number of aromatic nitrogens is 1. The summed E-state index contributed by atoms with van der Waals surface area (Å²) in [6, 6.07) is 13.8. The average molecular weight is 494 g/mol. The molecule has 0 atom stereocenters. The van der Waals surface area contributed by atoms with Gasteiger partial charge in [0.1, 0.15) is 0 Å². The predicted octanol–water partition coefficient (Wildman–Crippen LogP) is 7.90. The van der Waals surface area contributed by atoms with Crippen LogP contribution in [0.1, 0.15) is 47.5 Å². The van der Waals surface area contributed by atoms with Crippen molar-refractivity contribution >= 4 is 46.0 Å². The smallest absolute Gasteiger partial charge is 0.0849 e. The van der Waals surface area contributed by atoms with Gasteiger partial charge in [-0.05, 0) is 88.1 Å². The molecule has 0 saturated heterocycles. The molecule has 6 heteroatoms. The summed E-state index contributed by atoms with van der Waals surface area (Å²) < 4.78 is 0. The van der Waals surface area contributed by atoms with Crippen molar-refractivity contribution in [2.75, 3.05) is 0 Å². The maximum Gasteiger partial charge on any atom is 0.0849 e. The monoisotopic (exact) mass is 493 g/mol. The van der Waals surface area contributed by atoms with Gasteiger partial charge in [-0.2, -0.15) is 0 Å². The van der Waals surface area contributed by atoms with Gasteiger partial charge in [0.15, 0.2) is 0 Å². The van der Waals surface area contributed by atoms with E-state index in [4.69, 9.17) is 38.2 Å². The Kier molecular flexibility index (Phi) is 8.62. The Balaban J connectivity index is 0.00000341. The molecule has 1 aromatic heterocycles. The van der Waals surface area contributed by atoms with Crippen molar-refractivity contribution in [3.8, 4) is 0 Å². The van der Waals surface area contributed by atoms with E-state index in [1.54, 1.807) is 0 Å². The first-order valence-corrected chi connectivity index (χ1v) is 10.5. The van der Waals surface area contributed by atoms with Crippen molar-refractivity contribution < 1.29 is 17.1 Å². The van der Waals surface area contributed by atoms with E-state index in [9.17, 15) is 0 Å². The van der Waals surface area contributed by atoms with Crippen LogP contribution in [0.3, 0.4) is 0 Å². The molecule has 0 aliphatic rings. The van der Waals surface area contributed by atoms with Gasteiger partial charge in [0.25, 0.3) is 0 Å². The van der Waals surface area contributed by atoms with Crippen molar-refractivity contribution in [1.29, 1.82) is 0 Å². The van der Waals surface area contributed by atoms with Crippen LogP contribution in [-0.2, 0) is 17.1 Å². The Labute approximate surface area is 205 Å². The van der Waals surface area contributed by atoms with Crippen molar-refractivity contribution in [2.45, 2.75) is 41.5 Å². The molecule has 1 heterocycles. The van der Waals surface area contributed by atoms with Crippen LogP contribution in [-0.4, -0.2) is 16.4 Å². The molecule has 3 aromatic rings. The number of hydrogen-bond donors (Lipinski definition) is 0. The van der Waals surface area contributed by atoms with Crippen molar-refractivity contribution in [3.63, 3.8) is 0 Å². The van der Waals surface area contributed by atoms with Crippen LogP contribution in [0.4, 0.5) is 11.4 Å². The summed E-state index contributed by atoms with van der Waals surface area (Å²) in [4.78, 5) is 14.3. The van der Waals surface area contributed by atoms with Crippen LogP contribution >= 0.6 is 23.2 Å². The minimum absolute atomic E-state index is 0. The summed E-state index contributed by atoms with van der Waals surface area (Å²) in [5, 5.41) is 1.29. The third-order valence-corrected chi connectivity index (χ3v) is 5.42. The third-order valence-electron chi connectivity index (χ3n) is 4.85. The molecule has 162 valence electrons. The van der Waals surface area contributed by atoms with Crippen LogP contribution in [0.5, 0.6) is 0 Å². The fraction of sp³-hybridized carbons (Fsp3) is 0.240. The van der Waals surface area contributed by atoms with E-state index in [2.05, 4.69) is 12.1 Å². The number of benzene rings is 2. The molecule has 3 rings (SSSR count). The van der Waals surface area contributed by atoms with E-state index in [1.807, 2.05) is 71.9 Å². The van der Waals surface area contributed by atoms with E-state index in [0.717, 1.165) is 56.4 Å². The van der Waals surface area contributed by atoms with Crippen LogP contribution in [0.25, 0.3) is 0 Å². The molecule has 31 heavy (non-hydrogen) atoms. The molecule has 0 fully saturated rings. The second-order valence-electron chi connectivity index (χ2n) is 7.63. The summed E-state index contributed by atoms with van der Waals surface area (Å²) in [6.45, 7) is 12.0. The fourth-order valence-corrected chi connectivity index (χ4v) is 4.11. The SMILES string of the molecule is C/C(=N\c1c(C)cc(C)cc1Cl)c1cccc(/C(C)=N/c2c(C)cc(C)cc2Cl)n1.[Fe]. The average Bonchev–Trinajstić information content (AvgIpc) is 2.67. The summed E-state index contributed by atoms with van der Waals surface area (Å²) in [5.41, 5.74) is 9.02. The molecule has 0 radical (unpaired) electrons. The zero-order valence-electron chi connectivity index (χ0n) is 18.5. The van der Waals surface area contributed by atoms with Crippen molar-refractivity contribution in [1.82, 2.24) is 4.98 Å². The number of pyridine rings is 1. The second-order valence-corrected chi connectivity index (χ2v) is 8.44. The van der Waals surface area contributed by atoms with Crippen LogP contribution < -0.4 is 0 Å². The van der Waals surface area contributed by atoms with Gasteiger partial charge in [-0.3, -0.25) is 0 Å². The van der Waals surface area contributed by atoms with Gasteiger partial charge in [-0.1, -0.05) is 41.4 Å². The van der Waals surface area contributed by atoms with Crippen molar-refractivity contribution in [2.24, 2.45) is 9.98 Å². The molecular formula is C25H25Cl2FeN3. The van der Waals surface area contributed by atoms with Crippen LogP contribution in [0.15, 0.2) is 52.4 Å². The number of aryl methyl sites for hydroxylation is 4. The van der Waals surface area contributed by atoms with Gasteiger partial charge in [-0.15, -0.1) is 0 Å². The maximum atomic E-state index is 6.42. The quantitative estimate of drug-likeness (QED) is 0.268. The molecule has 0 aliphatic carbocycles. The first-order chi connectivity index (χ1) is 14.2. The van der Waals surface area contributed by atoms with Crippen molar-refractivity contribution in [3.05, 3.63) is 86.2 Å². The molecule has 0 saturated carbocycles.